The van der Waals surface area contributed by atoms with E-state index in [2.05, 4.69) is 4.99 Å². The van der Waals surface area contributed by atoms with Crippen LogP contribution >= 0.6 is 0 Å². The minimum Gasteiger partial charge on any atom is -0.378 e. The van der Waals surface area contributed by atoms with Crippen LogP contribution in [0.4, 0.5) is 5.69 Å². The number of benzene rings is 4. The van der Waals surface area contributed by atoms with Crippen LogP contribution < -0.4 is 4.18 Å². The topological polar surface area (TPSA) is 55.7 Å². The van der Waals surface area contributed by atoms with Crippen molar-refractivity contribution in [2.24, 2.45) is 4.99 Å². The second-order valence-corrected chi connectivity index (χ2v) is 8.57. The molecule has 0 bridgehead atoms. The summed E-state index contributed by atoms with van der Waals surface area (Å²) in [7, 11) is -3.96. The zero-order valence-corrected chi connectivity index (χ0v) is 17.6. The van der Waals surface area contributed by atoms with E-state index < -0.39 is 10.1 Å². The Balaban J connectivity index is 1.83. The molecule has 0 aromatic heterocycles. The van der Waals surface area contributed by atoms with Crippen molar-refractivity contribution in [3.63, 3.8) is 0 Å². The molecule has 0 amide bonds. The zero-order chi connectivity index (χ0) is 21.1. The summed E-state index contributed by atoms with van der Waals surface area (Å²) in [5, 5.41) is 1.84. The normalized spacial score (nSPS) is 11.8. The molecule has 4 aromatic rings. The van der Waals surface area contributed by atoms with Crippen LogP contribution in [0.1, 0.15) is 16.7 Å². The van der Waals surface area contributed by atoms with E-state index in [1.807, 2.05) is 62.4 Å². The number of nitrogens with zero attached hydrogens (tertiary/aromatic N) is 1. The molecule has 0 saturated carbocycles. The Morgan fingerprint density at radius 3 is 2.33 bits per heavy atom. The first-order valence-corrected chi connectivity index (χ1v) is 11.0. The highest BCUT2D eigenvalue weighted by atomic mass is 32.2. The van der Waals surface area contributed by atoms with Gasteiger partial charge in [0.15, 0.2) is 5.75 Å². The summed E-state index contributed by atoms with van der Waals surface area (Å²) in [4.78, 5) is 4.76. The van der Waals surface area contributed by atoms with Gasteiger partial charge in [0.05, 0.1) is 5.69 Å². The number of rotatable bonds is 5. The molecule has 4 nitrogen and oxygen atoms in total. The molecule has 0 spiro atoms. The molecule has 4 rings (SSSR count). The molecule has 0 radical (unpaired) electrons. The molecule has 4 aromatic carbocycles. The number of fused-ring (bicyclic) bond motifs is 1. The van der Waals surface area contributed by atoms with Crippen molar-refractivity contribution in [3.05, 3.63) is 102 Å². The van der Waals surface area contributed by atoms with E-state index in [1.165, 1.54) is 12.1 Å². The van der Waals surface area contributed by atoms with Gasteiger partial charge in [-0.1, -0.05) is 60.7 Å². The van der Waals surface area contributed by atoms with Gasteiger partial charge < -0.3 is 4.18 Å². The minimum atomic E-state index is -3.96. The average molecular weight is 416 g/mol. The molecular weight excluding hydrogens is 394 g/mol. The van der Waals surface area contributed by atoms with E-state index in [-0.39, 0.29) is 10.6 Å². The van der Waals surface area contributed by atoms with Gasteiger partial charge in [-0.05, 0) is 60.0 Å². The second-order valence-electron chi connectivity index (χ2n) is 7.03. The largest absolute Gasteiger partial charge is 0.378 e. The molecular formula is C25H21NO3S. The number of hydrogen-bond donors (Lipinski definition) is 0. The molecule has 0 aliphatic carbocycles. The van der Waals surface area contributed by atoms with E-state index in [1.54, 1.807) is 30.5 Å². The molecule has 0 heterocycles. The third kappa shape index (κ3) is 3.98. The summed E-state index contributed by atoms with van der Waals surface area (Å²) in [5.41, 5.74) is 3.67. The number of aryl methyl sites for hydroxylation is 1. The maximum atomic E-state index is 12.8. The van der Waals surface area contributed by atoms with Crippen molar-refractivity contribution >= 4 is 32.8 Å². The van der Waals surface area contributed by atoms with Gasteiger partial charge in [-0.3, -0.25) is 4.99 Å². The lowest BCUT2D eigenvalue weighted by atomic mass is 10.0. The lowest BCUT2D eigenvalue weighted by Gasteiger charge is -2.12. The van der Waals surface area contributed by atoms with E-state index in [0.29, 0.717) is 5.56 Å². The lowest BCUT2D eigenvalue weighted by molar-refractivity contribution is 0.486. The second kappa shape index (κ2) is 8.13. The van der Waals surface area contributed by atoms with E-state index >= 15 is 0 Å². The standard InChI is InChI=1S/C25H21NO3S/c1-18-9-8-14-24(19(18)2)26-17-23-22-13-7-6-10-20(22)15-16-25(23)29-30(27,28)21-11-4-3-5-12-21/h3-17H,1-2H3. The molecule has 0 N–H and O–H groups in total. The van der Waals surface area contributed by atoms with Crippen LogP contribution in [-0.2, 0) is 10.1 Å². The smallest absolute Gasteiger partial charge is 0.339 e. The van der Waals surface area contributed by atoms with Gasteiger partial charge in [-0.25, -0.2) is 0 Å². The van der Waals surface area contributed by atoms with Crippen LogP contribution in [0.15, 0.2) is 94.8 Å². The maximum absolute atomic E-state index is 12.8. The van der Waals surface area contributed by atoms with Crippen LogP contribution in [0.5, 0.6) is 5.75 Å². The summed E-state index contributed by atoms with van der Waals surface area (Å²) in [5.74, 6) is 0.242. The quantitative estimate of drug-likeness (QED) is 0.298. The summed E-state index contributed by atoms with van der Waals surface area (Å²) in [6, 6.07) is 25.3. The molecule has 5 heteroatoms. The van der Waals surface area contributed by atoms with Gasteiger partial charge in [-0.15, -0.1) is 0 Å². The van der Waals surface area contributed by atoms with Gasteiger partial charge >= 0.3 is 10.1 Å². The van der Waals surface area contributed by atoms with Crippen molar-refractivity contribution in [3.8, 4) is 5.75 Å². The SMILES string of the molecule is Cc1cccc(N=Cc2c(OS(=O)(=O)c3ccccc3)ccc3ccccc23)c1C. The minimum absolute atomic E-state index is 0.107. The Labute approximate surface area is 176 Å². The van der Waals surface area contributed by atoms with Gasteiger partial charge in [0, 0.05) is 11.8 Å². The van der Waals surface area contributed by atoms with Crippen molar-refractivity contribution < 1.29 is 12.6 Å². The Kier molecular flexibility index (Phi) is 5.38. The van der Waals surface area contributed by atoms with Crippen molar-refractivity contribution in [1.29, 1.82) is 0 Å². The number of aliphatic imine (C=N–C) groups is 1. The predicted molar refractivity (Wildman–Crippen MR) is 121 cm³/mol. The van der Waals surface area contributed by atoms with Crippen molar-refractivity contribution in [1.82, 2.24) is 0 Å². The van der Waals surface area contributed by atoms with Gasteiger partial charge in [0.25, 0.3) is 0 Å². The van der Waals surface area contributed by atoms with E-state index in [9.17, 15) is 8.42 Å². The van der Waals surface area contributed by atoms with Crippen LogP contribution in [0.3, 0.4) is 0 Å². The molecule has 150 valence electrons. The van der Waals surface area contributed by atoms with Crippen LogP contribution in [0.2, 0.25) is 0 Å². The summed E-state index contributed by atoms with van der Waals surface area (Å²) >= 11 is 0. The summed E-state index contributed by atoms with van der Waals surface area (Å²) in [6.07, 6.45) is 1.68. The number of hydrogen-bond acceptors (Lipinski definition) is 4. The highest BCUT2D eigenvalue weighted by Gasteiger charge is 2.19. The zero-order valence-electron chi connectivity index (χ0n) is 16.7. The Bertz CT molecular complexity index is 1340. The molecule has 0 saturated heterocycles. The van der Waals surface area contributed by atoms with Crippen LogP contribution in [0, 0.1) is 13.8 Å². The molecule has 30 heavy (non-hydrogen) atoms. The van der Waals surface area contributed by atoms with Gasteiger partial charge in [0.1, 0.15) is 4.90 Å². The van der Waals surface area contributed by atoms with Crippen molar-refractivity contribution in [2.75, 3.05) is 0 Å². The van der Waals surface area contributed by atoms with Crippen LogP contribution in [0.25, 0.3) is 10.8 Å². The molecule has 0 aliphatic rings. The third-order valence-corrected chi connectivity index (χ3v) is 6.32. The molecule has 0 atom stereocenters. The first-order chi connectivity index (χ1) is 14.5. The summed E-state index contributed by atoms with van der Waals surface area (Å²) in [6.45, 7) is 4.05. The molecule has 0 unspecified atom stereocenters. The Hall–Kier alpha value is -3.44. The van der Waals surface area contributed by atoms with Crippen LogP contribution in [-0.4, -0.2) is 14.6 Å². The Morgan fingerprint density at radius 2 is 1.53 bits per heavy atom. The van der Waals surface area contributed by atoms with E-state index in [0.717, 1.165) is 27.6 Å². The first kappa shape index (κ1) is 19.9. The average Bonchev–Trinajstić information content (AvgIpc) is 2.76. The highest BCUT2D eigenvalue weighted by molar-refractivity contribution is 7.87. The lowest BCUT2D eigenvalue weighted by Crippen LogP contribution is -2.11. The molecule has 0 fully saturated rings. The van der Waals surface area contributed by atoms with Gasteiger partial charge in [0.2, 0.25) is 0 Å². The fraction of sp³-hybridized carbons (Fsp3) is 0.0800. The first-order valence-electron chi connectivity index (χ1n) is 9.57. The highest BCUT2D eigenvalue weighted by Crippen LogP contribution is 2.30. The van der Waals surface area contributed by atoms with Gasteiger partial charge in [-0.2, -0.15) is 8.42 Å². The Morgan fingerprint density at radius 1 is 0.800 bits per heavy atom. The van der Waals surface area contributed by atoms with Crippen molar-refractivity contribution in [2.45, 2.75) is 18.7 Å². The monoisotopic (exact) mass is 415 g/mol. The molecule has 0 aliphatic heterocycles. The maximum Gasteiger partial charge on any atom is 0.339 e. The fourth-order valence-corrected chi connectivity index (χ4v) is 4.21. The predicted octanol–water partition coefficient (Wildman–Crippen LogP) is 5.97. The van der Waals surface area contributed by atoms with E-state index in [4.69, 9.17) is 4.18 Å². The fourth-order valence-electron chi connectivity index (χ4n) is 3.24. The summed E-state index contributed by atoms with van der Waals surface area (Å²) < 4.78 is 31.1. The third-order valence-electron chi connectivity index (χ3n) is 5.07.